The molecule has 0 radical (unpaired) electrons. The minimum Gasteiger partial charge on any atom is -0.394 e. The van der Waals surface area contributed by atoms with Crippen LogP contribution in [0.3, 0.4) is 0 Å². The molecule has 21 nitrogen and oxygen atoms in total. The number of aliphatic hydroxyl groups excluding tert-OH is 8. The van der Waals surface area contributed by atoms with Crippen molar-refractivity contribution in [2.45, 2.75) is 104 Å². The Hall–Kier alpha value is -1.74. The zero-order valence-electron chi connectivity index (χ0n) is 22.7. The van der Waals surface area contributed by atoms with Crippen LogP contribution < -0.4 is 16.4 Å². The number of ether oxygens (including phenoxy) is 7. The number of hydrogen-bond donors (Lipinski definition) is 12. The Labute approximate surface area is 241 Å². The van der Waals surface area contributed by atoms with E-state index in [1.54, 1.807) is 0 Å². The van der Waals surface area contributed by atoms with E-state index in [2.05, 4.69) is 10.6 Å². The van der Waals surface area contributed by atoms with Crippen LogP contribution in [0.5, 0.6) is 0 Å². The van der Waals surface area contributed by atoms with E-state index in [1.807, 2.05) is 0 Å². The molecule has 0 aromatic rings. The Morgan fingerprint density at radius 1 is 0.674 bits per heavy atom. The van der Waals surface area contributed by atoms with Gasteiger partial charge in [-0.25, -0.2) is 0 Å². The number of aliphatic hydroxyl groups is 9. The van der Waals surface area contributed by atoms with E-state index in [0.29, 0.717) is 0 Å². The summed E-state index contributed by atoms with van der Waals surface area (Å²) in [5, 5.41) is 98.1. The van der Waals surface area contributed by atoms with Gasteiger partial charge in [-0.05, 0) is 0 Å². The maximum atomic E-state index is 12.2. The molecule has 2 amide bonds. The van der Waals surface area contributed by atoms with Crippen molar-refractivity contribution in [2.75, 3.05) is 19.8 Å². The van der Waals surface area contributed by atoms with Gasteiger partial charge in [0, 0.05) is 13.8 Å². The lowest BCUT2D eigenvalue weighted by atomic mass is 9.84. The highest BCUT2D eigenvalue weighted by Gasteiger charge is 2.83. The standard InChI is InChI=1S/C22H35N3O18/c1-6(29)24-13-16(34)18(9(4-27)38-20(13,23)36)40-21(41-18)14(25-7(2)30)17(35)19(10(5-28)39-21)42-22(43-19)15(33)12(32)11(31)8(3-26)37-22/h8-17,26-28,31-36H,3-5,23H2,1-2H3,(H,24,29)(H,25,30)/t8-,9-,10-,11-,12+,13-,14-,15+,16-,17-,18?,19?,20-,21?,22?/m1/s1. The lowest BCUT2D eigenvalue weighted by molar-refractivity contribution is -0.694. The molecule has 4 spiro atoms. The minimum absolute atomic E-state index is 0.771. The highest BCUT2D eigenvalue weighted by atomic mass is 17.1. The molecule has 21 heteroatoms. The molecule has 5 rings (SSSR count). The summed E-state index contributed by atoms with van der Waals surface area (Å²) < 4.78 is 39.3. The van der Waals surface area contributed by atoms with E-state index >= 15 is 0 Å². The lowest BCUT2D eigenvalue weighted by Gasteiger charge is -2.70. The molecule has 43 heavy (non-hydrogen) atoms. The van der Waals surface area contributed by atoms with Gasteiger partial charge in [0.15, 0.2) is 6.10 Å². The van der Waals surface area contributed by atoms with E-state index in [9.17, 15) is 55.5 Å². The second-order valence-corrected chi connectivity index (χ2v) is 10.9. The van der Waals surface area contributed by atoms with Crippen molar-refractivity contribution in [2.24, 2.45) is 5.73 Å². The summed E-state index contributed by atoms with van der Waals surface area (Å²) >= 11 is 0. The summed E-state index contributed by atoms with van der Waals surface area (Å²) in [6.07, 6.45) is -15.2. The van der Waals surface area contributed by atoms with E-state index in [4.69, 9.17) is 38.9 Å². The lowest BCUT2D eigenvalue weighted by Crippen LogP contribution is -2.93. The van der Waals surface area contributed by atoms with Crippen LogP contribution in [0.4, 0.5) is 0 Å². The third kappa shape index (κ3) is 4.59. The Balaban J connectivity index is 1.46. The topological polar surface area (TPSA) is 331 Å². The normalized spacial score (nSPS) is 54.3. The first-order chi connectivity index (χ1) is 20.0. The fraction of sp³-hybridized carbons (Fsp3) is 0.909. The van der Waals surface area contributed by atoms with Crippen LogP contribution in [-0.4, -0.2) is 168 Å². The highest BCUT2D eigenvalue weighted by Crippen LogP contribution is 2.59. The maximum absolute atomic E-state index is 12.2. The van der Waals surface area contributed by atoms with Crippen LogP contribution in [0, 0.1) is 0 Å². The molecule has 246 valence electrons. The molecule has 0 aromatic carbocycles. The van der Waals surface area contributed by atoms with E-state index < -0.39 is 122 Å². The number of amides is 2. The number of hydrogen-bond acceptors (Lipinski definition) is 19. The highest BCUT2D eigenvalue weighted by molar-refractivity contribution is 5.74. The summed E-state index contributed by atoms with van der Waals surface area (Å²) in [6.45, 7) is -0.825. The van der Waals surface area contributed by atoms with Gasteiger partial charge >= 0.3 is 11.9 Å². The zero-order valence-corrected chi connectivity index (χ0v) is 22.7. The predicted molar refractivity (Wildman–Crippen MR) is 126 cm³/mol. The third-order valence-electron chi connectivity index (χ3n) is 7.99. The monoisotopic (exact) mass is 629 g/mol. The van der Waals surface area contributed by atoms with Crippen molar-refractivity contribution in [3.8, 4) is 0 Å². The first kappa shape index (κ1) is 32.6. The van der Waals surface area contributed by atoms with Crippen molar-refractivity contribution in [3.63, 3.8) is 0 Å². The fourth-order valence-electron chi connectivity index (χ4n) is 5.98. The van der Waals surface area contributed by atoms with Crippen molar-refractivity contribution < 1.29 is 88.7 Å². The molecule has 5 heterocycles. The summed E-state index contributed by atoms with van der Waals surface area (Å²) in [5.74, 6) is -14.5. The Bertz CT molecular complexity index is 1100. The van der Waals surface area contributed by atoms with Gasteiger partial charge in [-0.15, -0.1) is 0 Å². The number of nitrogens with two attached hydrogens (primary N) is 1. The van der Waals surface area contributed by atoms with Gasteiger partial charge in [-0.1, -0.05) is 0 Å². The summed E-state index contributed by atoms with van der Waals surface area (Å²) in [6, 6.07) is -3.67. The molecule has 5 saturated heterocycles. The van der Waals surface area contributed by atoms with Crippen LogP contribution in [-0.2, 0) is 42.7 Å². The Kier molecular flexibility index (Phi) is 8.10. The predicted octanol–water partition coefficient (Wildman–Crippen LogP) is -8.63. The van der Waals surface area contributed by atoms with Crippen molar-refractivity contribution in [3.05, 3.63) is 0 Å². The molecule has 0 saturated carbocycles. The molecule has 0 aliphatic carbocycles. The van der Waals surface area contributed by atoms with Gasteiger partial charge in [-0.3, -0.25) is 34.3 Å². The number of carbonyl (C=O) groups excluding carboxylic acids is 2. The number of nitrogens with one attached hydrogen (secondary N) is 2. The molecular formula is C22H35N3O18. The van der Waals surface area contributed by atoms with Gasteiger partial charge < -0.3 is 70.8 Å². The minimum atomic E-state index is -2.74. The third-order valence-corrected chi connectivity index (χ3v) is 7.99. The summed E-state index contributed by atoms with van der Waals surface area (Å²) in [5.41, 5.74) is 5.69. The first-order valence-corrected chi connectivity index (χ1v) is 13.1. The molecule has 5 fully saturated rings. The van der Waals surface area contributed by atoms with Crippen LogP contribution in [0.2, 0.25) is 0 Å². The average molecular weight is 630 g/mol. The molecule has 0 unspecified atom stereocenters. The SMILES string of the molecule is CC(=O)N[C@@H]1[C@@H](O)C2(OC3(O[C@H](CO)[C@@H](O)[C@H](O)[C@@H]3O)O2)[C@@H](CO)OC12OC1(O2)[C@H](O)[C@@H](NC(C)=O)[C@@](N)(O)O[C@@H]1CO. The van der Waals surface area contributed by atoms with Crippen molar-refractivity contribution >= 4 is 11.8 Å². The molecular weight excluding hydrogens is 594 g/mol. The molecule has 13 N–H and O–H groups in total. The van der Waals surface area contributed by atoms with Gasteiger partial charge in [-0.2, -0.15) is 0 Å². The smallest absolute Gasteiger partial charge is 0.319 e. The molecule has 5 aliphatic heterocycles. The summed E-state index contributed by atoms with van der Waals surface area (Å²) in [7, 11) is 0. The van der Waals surface area contributed by atoms with Crippen molar-refractivity contribution in [1.29, 1.82) is 0 Å². The van der Waals surface area contributed by atoms with Gasteiger partial charge in [0.25, 0.3) is 0 Å². The first-order valence-electron chi connectivity index (χ1n) is 13.1. The second kappa shape index (κ2) is 10.7. The van der Waals surface area contributed by atoms with Crippen LogP contribution in [0.25, 0.3) is 0 Å². The van der Waals surface area contributed by atoms with Crippen molar-refractivity contribution in [1.82, 2.24) is 10.6 Å². The van der Waals surface area contributed by atoms with Crippen LogP contribution in [0.15, 0.2) is 0 Å². The van der Waals surface area contributed by atoms with E-state index in [0.717, 1.165) is 13.8 Å². The largest absolute Gasteiger partial charge is 0.394 e. The molecule has 0 bridgehead atoms. The maximum Gasteiger partial charge on any atom is 0.319 e. The number of carbonyl (C=O) groups is 2. The van der Waals surface area contributed by atoms with Crippen LogP contribution >= 0.6 is 0 Å². The number of rotatable bonds is 5. The average Bonchev–Trinajstić information content (AvgIpc) is 2.90. The van der Waals surface area contributed by atoms with E-state index in [-0.39, 0.29) is 0 Å². The van der Waals surface area contributed by atoms with Gasteiger partial charge in [0.1, 0.15) is 54.8 Å². The zero-order chi connectivity index (χ0) is 31.9. The van der Waals surface area contributed by atoms with Gasteiger partial charge in [0.2, 0.25) is 29.3 Å². The Morgan fingerprint density at radius 2 is 1.14 bits per heavy atom. The van der Waals surface area contributed by atoms with Gasteiger partial charge in [0.05, 0.1) is 19.8 Å². The second-order valence-electron chi connectivity index (χ2n) is 10.9. The van der Waals surface area contributed by atoms with Crippen LogP contribution in [0.1, 0.15) is 13.8 Å². The quantitative estimate of drug-likeness (QED) is 0.126. The molecule has 11 atom stereocenters. The fourth-order valence-corrected chi connectivity index (χ4v) is 5.98. The molecule has 0 aromatic heterocycles. The molecule has 5 aliphatic rings. The van der Waals surface area contributed by atoms with E-state index in [1.165, 1.54) is 0 Å². The summed E-state index contributed by atoms with van der Waals surface area (Å²) in [4.78, 5) is 23.9. The Morgan fingerprint density at radius 3 is 1.63 bits per heavy atom.